The van der Waals surface area contributed by atoms with E-state index in [0.29, 0.717) is 41.5 Å². The second-order valence-corrected chi connectivity index (χ2v) is 7.66. The van der Waals surface area contributed by atoms with E-state index in [4.69, 9.17) is 9.47 Å². The first-order valence-electron chi connectivity index (χ1n) is 10.4. The third kappa shape index (κ3) is 4.54. The molecule has 4 aromatic rings. The number of halogens is 1. The Morgan fingerprint density at radius 2 is 1.97 bits per heavy atom. The SMILES string of the molecule is Cc1ccc(NC(=O)CCc2nnc3ccc(NCc4ccc5c(c4)OCO5)nn23)cc1F. The number of ether oxygens (including phenoxy) is 2. The number of benzene rings is 2. The number of amides is 1. The number of carbonyl (C=O) groups excluding carboxylic acids is 1. The molecule has 0 atom stereocenters. The predicted molar refractivity (Wildman–Crippen MR) is 119 cm³/mol. The van der Waals surface area contributed by atoms with Crippen LogP contribution in [-0.4, -0.2) is 32.5 Å². The topological polar surface area (TPSA) is 103 Å². The molecule has 1 amide bonds. The molecule has 0 aliphatic carbocycles. The van der Waals surface area contributed by atoms with Crippen LogP contribution in [0.1, 0.15) is 23.4 Å². The van der Waals surface area contributed by atoms with Crippen molar-refractivity contribution in [1.29, 1.82) is 0 Å². The third-order valence-electron chi connectivity index (χ3n) is 5.27. The smallest absolute Gasteiger partial charge is 0.231 e. The summed E-state index contributed by atoms with van der Waals surface area (Å²) in [7, 11) is 0. The minimum Gasteiger partial charge on any atom is -0.454 e. The van der Waals surface area contributed by atoms with E-state index in [1.165, 1.54) is 6.07 Å². The highest BCUT2D eigenvalue weighted by Gasteiger charge is 2.14. The summed E-state index contributed by atoms with van der Waals surface area (Å²) in [5.41, 5.74) is 2.55. The molecule has 3 heterocycles. The lowest BCUT2D eigenvalue weighted by Crippen LogP contribution is -2.14. The Hall–Kier alpha value is -4.21. The highest BCUT2D eigenvalue weighted by Crippen LogP contribution is 2.32. The van der Waals surface area contributed by atoms with Gasteiger partial charge in [-0.1, -0.05) is 12.1 Å². The summed E-state index contributed by atoms with van der Waals surface area (Å²) in [6, 6.07) is 14.0. The molecule has 0 fully saturated rings. The maximum Gasteiger partial charge on any atom is 0.231 e. The molecule has 5 rings (SSSR count). The molecule has 0 spiro atoms. The van der Waals surface area contributed by atoms with E-state index >= 15 is 0 Å². The third-order valence-corrected chi connectivity index (χ3v) is 5.27. The molecule has 168 valence electrons. The lowest BCUT2D eigenvalue weighted by atomic mass is 10.2. The Morgan fingerprint density at radius 1 is 1.09 bits per heavy atom. The summed E-state index contributed by atoms with van der Waals surface area (Å²) in [4.78, 5) is 12.3. The highest BCUT2D eigenvalue weighted by molar-refractivity contribution is 5.90. The Morgan fingerprint density at radius 3 is 2.85 bits per heavy atom. The van der Waals surface area contributed by atoms with Gasteiger partial charge in [0.25, 0.3) is 0 Å². The monoisotopic (exact) mass is 448 g/mol. The van der Waals surface area contributed by atoms with Crippen LogP contribution in [-0.2, 0) is 17.8 Å². The predicted octanol–water partition coefficient (Wildman–Crippen LogP) is 3.48. The normalized spacial score (nSPS) is 12.2. The zero-order valence-electron chi connectivity index (χ0n) is 17.8. The van der Waals surface area contributed by atoms with Crippen LogP contribution in [0.4, 0.5) is 15.9 Å². The van der Waals surface area contributed by atoms with E-state index in [1.54, 1.807) is 29.6 Å². The van der Waals surface area contributed by atoms with Gasteiger partial charge in [-0.15, -0.1) is 15.3 Å². The molecule has 1 aliphatic heterocycles. The zero-order valence-corrected chi connectivity index (χ0v) is 17.8. The molecule has 0 radical (unpaired) electrons. The second-order valence-electron chi connectivity index (χ2n) is 7.66. The zero-order chi connectivity index (χ0) is 22.8. The van der Waals surface area contributed by atoms with Gasteiger partial charge in [-0.05, 0) is 54.4 Å². The molecule has 2 aromatic heterocycles. The molecule has 1 aliphatic rings. The van der Waals surface area contributed by atoms with Gasteiger partial charge < -0.3 is 20.1 Å². The van der Waals surface area contributed by atoms with Gasteiger partial charge in [0.1, 0.15) is 11.6 Å². The Labute approximate surface area is 188 Å². The summed E-state index contributed by atoms with van der Waals surface area (Å²) in [6.07, 6.45) is 0.493. The van der Waals surface area contributed by atoms with Crippen LogP contribution in [0.2, 0.25) is 0 Å². The van der Waals surface area contributed by atoms with Crippen LogP contribution < -0.4 is 20.1 Å². The number of fused-ring (bicyclic) bond motifs is 2. The van der Waals surface area contributed by atoms with Gasteiger partial charge in [-0.2, -0.15) is 4.52 Å². The number of nitrogens with zero attached hydrogens (tertiary/aromatic N) is 4. The number of carbonyl (C=O) groups is 1. The van der Waals surface area contributed by atoms with Gasteiger partial charge in [0.2, 0.25) is 12.7 Å². The second kappa shape index (κ2) is 8.73. The minimum absolute atomic E-state index is 0.160. The largest absolute Gasteiger partial charge is 0.454 e. The molecule has 0 unspecified atom stereocenters. The van der Waals surface area contributed by atoms with E-state index in [9.17, 15) is 9.18 Å². The van der Waals surface area contributed by atoms with E-state index in [2.05, 4.69) is 25.9 Å². The van der Waals surface area contributed by atoms with Gasteiger partial charge in [-0.3, -0.25) is 4.79 Å². The summed E-state index contributed by atoms with van der Waals surface area (Å²) in [5, 5.41) is 18.8. The van der Waals surface area contributed by atoms with Crippen molar-refractivity contribution in [3.63, 3.8) is 0 Å². The van der Waals surface area contributed by atoms with Crippen LogP contribution in [0.25, 0.3) is 5.65 Å². The minimum atomic E-state index is -0.360. The van der Waals surface area contributed by atoms with Crippen LogP contribution in [0, 0.1) is 12.7 Å². The number of anilines is 2. The van der Waals surface area contributed by atoms with Gasteiger partial charge in [-0.25, -0.2) is 4.39 Å². The van der Waals surface area contributed by atoms with E-state index < -0.39 is 0 Å². The molecule has 2 N–H and O–H groups in total. The first kappa shape index (κ1) is 20.7. The van der Waals surface area contributed by atoms with E-state index in [-0.39, 0.29) is 24.9 Å². The number of rotatable bonds is 7. The summed E-state index contributed by atoms with van der Waals surface area (Å²) in [5.74, 6) is 2.06. The molecule has 0 saturated heterocycles. The Bertz CT molecular complexity index is 1340. The molecule has 0 saturated carbocycles. The lowest BCUT2D eigenvalue weighted by molar-refractivity contribution is -0.116. The van der Waals surface area contributed by atoms with E-state index in [0.717, 1.165) is 17.1 Å². The van der Waals surface area contributed by atoms with Crippen molar-refractivity contribution in [2.45, 2.75) is 26.3 Å². The molecular weight excluding hydrogens is 427 g/mol. The van der Waals surface area contributed by atoms with Crippen LogP contribution in [0.3, 0.4) is 0 Å². The van der Waals surface area contributed by atoms with E-state index in [1.807, 2.05) is 24.3 Å². The molecule has 0 bridgehead atoms. The maximum atomic E-state index is 13.7. The lowest BCUT2D eigenvalue weighted by Gasteiger charge is -2.08. The van der Waals surface area contributed by atoms with Gasteiger partial charge in [0, 0.05) is 25.1 Å². The van der Waals surface area contributed by atoms with Crippen molar-refractivity contribution in [2.24, 2.45) is 0 Å². The number of nitrogens with one attached hydrogen (secondary N) is 2. The Kier molecular flexibility index (Phi) is 5.47. The summed E-state index contributed by atoms with van der Waals surface area (Å²) < 4.78 is 26.0. The molecule has 10 heteroatoms. The van der Waals surface area contributed by atoms with Crippen molar-refractivity contribution in [3.8, 4) is 11.5 Å². The van der Waals surface area contributed by atoms with Crippen molar-refractivity contribution in [1.82, 2.24) is 19.8 Å². The summed E-state index contributed by atoms with van der Waals surface area (Å²) in [6.45, 7) is 2.45. The number of aryl methyl sites for hydroxylation is 2. The molecule has 33 heavy (non-hydrogen) atoms. The van der Waals surface area contributed by atoms with Crippen molar-refractivity contribution in [3.05, 3.63) is 71.3 Å². The van der Waals surface area contributed by atoms with Crippen molar-refractivity contribution < 1.29 is 18.7 Å². The van der Waals surface area contributed by atoms with Crippen LogP contribution >= 0.6 is 0 Å². The van der Waals surface area contributed by atoms with Crippen molar-refractivity contribution >= 4 is 23.1 Å². The Balaban J connectivity index is 1.22. The quantitative estimate of drug-likeness (QED) is 0.446. The first-order chi connectivity index (χ1) is 16.0. The highest BCUT2D eigenvalue weighted by atomic mass is 19.1. The fourth-order valence-corrected chi connectivity index (χ4v) is 3.45. The molecule has 9 nitrogen and oxygen atoms in total. The van der Waals surface area contributed by atoms with Gasteiger partial charge in [0.05, 0.1) is 0 Å². The first-order valence-corrected chi connectivity index (χ1v) is 10.4. The fourth-order valence-electron chi connectivity index (χ4n) is 3.45. The van der Waals surface area contributed by atoms with Crippen molar-refractivity contribution in [2.75, 3.05) is 17.4 Å². The van der Waals surface area contributed by atoms with Gasteiger partial charge >= 0.3 is 0 Å². The van der Waals surface area contributed by atoms with Crippen LogP contribution in [0.15, 0.2) is 48.5 Å². The van der Waals surface area contributed by atoms with Crippen LogP contribution in [0.5, 0.6) is 11.5 Å². The summed E-state index contributed by atoms with van der Waals surface area (Å²) >= 11 is 0. The number of hydrogen-bond acceptors (Lipinski definition) is 7. The average Bonchev–Trinajstić information content (AvgIpc) is 3.45. The number of hydrogen-bond donors (Lipinski definition) is 2. The molecular formula is C23H21FN6O3. The standard InChI is InChI=1S/C23H21FN6O3/c1-14-2-4-16(11-17(14)24)26-23(31)9-8-22-28-27-21-7-6-20(29-30(21)22)25-12-15-3-5-18-19(10-15)33-13-32-18/h2-7,10-11H,8-9,12-13H2,1H3,(H,25,29)(H,26,31). The maximum absolute atomic E-state index is 13.7. The average molecular weight is 448 g/mol. The van der Waals surface area contributed by atoms with Gasteiger partial charge in [0.15, 0.2) is 23.0 Å². The molecule has 2 aromatic carbocycles. The fraction of sp³-hybridized carbons (Fsp3) is 0.217. The number of aromatic nitrogens is 4.